The molecule has 1 N–H and O–H groups in total. The molecule has 0 spiro atoms. The number of hydrogen-bond donors (Lipinski definition) is 1. The molecule has 1 aliphatic heterocycles. The molecular weight excluding hydrogens is 333 g/mol. The summed E-state index contributed by atoms with van der Waals surface area (Å²) in [5.74, 6) is -0.303. The summed E-state index contributed by atoms with van der Waals surface area (Å²) < 4.78 is 43.3. The van der Waals surface area contributed by atoms with Crippen LogP contribution in [0.4, 0.5) is 13.2 Å². The summed E-state index contributed by atoms with van der Waals surface area (Å²) in [4.78, 5) is 17.2. The first-order valence-electron chi connectivity index (χ1n) is 8.22. The van der Waals surface area contributed by atoms with Crippen molar-refractivity contribution in [3.8, 4) is 0 Å². The Kier molecular flexibility index (Phi) is 4.53. The van der Waals surface area contributed by atoms with Gasteiger partial charge in [-0.3, -0.25) is 4.79 Å². The molecule has 0 radical (unpaired) electrons. The topological polar surface area (TPSA) is 45.3 Å². The maximum Gasteiger partial charge on any atom is 0.416 e. The molecule has 1 fully saturated rings. The third kappa shape index (κ3) is 3.38. The Morgan fingerprint density at radius 1 is 1.28 bits per heavy atom. The summed E-state index contributed by atoms with van der Waals surface area (Å²) >= 11 is 0. The number of nitrogens with zero attached hydrogens (tertiary/aromatic N) is 1. The number of aromatic amines is 1. The number of morpholine rings is 1. The largest absolute Gasteiger partial charge is 0.416 e. The Hall–Kier alpha value is -2.02. The number of ether oxygens (including phenoxy) is 1. The summed E-state index contributed by atoms with van der Waals surface area (Å²) in [6.45, 7) is 5.49. The fourth-order valence-electron chi connectivity index (χ4n) is 3.37. The molecule has 1 atom stereocenters. The maximum absolute atomic E-state index is 12.9. The van der Waals surface area contributed by atoms with Crippen LogP contribution in [0.25, 0.3) is 10.9 Å². The van der Waals surface area contributed by atoms with Crippen LogP contribution in [0.3, 0.4) is 0 Å². The van der Waals surface area contributed by atoms with Crippen molar-refractivity contribution in [2.45, 2.75) is 39.5 Å². The average Bonchev–Trinajstić information content (AvgIpc) is 2.88. The highest BCUT2D eigenvalue weighted by Gasteiger charge is 2.44. The minimum atomic E-state index is -4.46. The van der Waals surface area contributed by atoms with Gasteiger partial charge in [0.2, 0.25) is 5.91 Å². The van der Waals surface area contributed by atoms with Gasteiger partial charge >= 0.3 is 6.18 Å². The number of fused-ring (bicyclic) bond motifs is 1. The number of benzene rings is 1. The van der Waals surface area contributed by atoms with Crippen LogP contribution in [-0.2, 0) is 16.0 Å². The third-order valence-electron chi connectivity index (χ3n) is 4.80. The normalized spacial score (nSPS) is 18.8. The fourth-order valence-corrected chi connectivity index (χ4v) is 3.37. The number of H-pyrrole nitrogens is 1. The van der Waals surface area contributed by atoms with E-state index >= 15 is 0 Å². The van der Waals surface area contributed by atoms with Crippen molar-refractivity contribution in [2.24, 2.45) is 0 Å². The minimum absolute atomic E-state index is 0.0840. The number of halogens is 3. The van der Waals surface area contributed by atoms with Gasteiger partial charge in [0.1, 0.15) is 0 Å². The Morgan fingerprint density at radius 2 is 1.96 bits per heavy atom. The monoisotopic (exact) mass is 354 g/mol. The summed E-state index contributed by atoms with van der Waals surface area (Å²) in [6, 6.07) is 4.00. The second-order valence-electron chi connectivity index (χ2n) is 6.60. The summed E-state index contributed by atoms with van der Waals surface area (Å²) in [5.41, 5.74) is 4.84. The van der Waals surface area contributed by atoms with Crippen molar-refractivity contribution in [3.63, 3.8) is 0 Å². The summed E-state index contributed by atoms with van der Waals surface area (Å²) in [5, 5.41) is 0.992. The van der Waals surface area contributed by atoms with Crippen molar-refractivity contribution >= 4 is 16.8 Å². The van der Waals surface area contributed by atoms with Gasteiger partial charge in [0.15, 0.2) is 6.10 Å². The lowest BCUT2D eigenvalue weighted by atomic mass is 10.0. The molecule has 7 heteroatoms. The molecule has 0 unspecified atom stereocenters. The van der Waals surface area contributed by atoms with Gasteiger partial charge in [0.05, 0.1) is 19.6 Å². The Bertz CT molecular complexity index is 811. The first kappa shape index (κ1) is 17.8. The van der Waals surface area contributed by atoms with Crippen molar-refractivity contribution in [3.05, 3.63) is 34.5 Å². The van der Waals surface area contributed by atoms with E-state index in [0.29, 0.717) is 0 Å². The molecule has 1 aromatic carbocycles. The van der Waals surface area contributed by atoms with Crippen molar-refractivity contribution in [2.75, 3.05) is 19.7 Å². The van der Waals surface area contributed by atoms with E-state index in [1.165, 1.54) is 4.90 Å². The molecule has 1 amide bonds. The highest BCUT2D eigenvalue weighted by Crippen LogP contribution is 2.30. The van der Waals surface area contributed by atoms with Crippen LogP contribution in [0.1, 0.15) is 22.4 Å². The fraction of sp³-hybridized carbons (Fsp3) is 0.500. The van der Waals surface area contributed by atoms with Crippen molar-refractivity contribution < 1.29 is 22.7 Å². The molecular formula is C18H21F3N2O2. The number of carbonyl (C=O) groups excluding carboxylic acids is 1. The molecule has 0 saturated carbocycles. The van der Waals surface area contributed by atoms with E-state index in [0.717, 1.165) is 33.3 Å². The van der Waals surface area contributed by atoms with E-state index in [9.17, 15) is 18.0 Å². The Balaban J connectivity index is 1.85. The standard InChI is InChI=1S/C18H21F3N2O2/c1-10-4-5-11(2)17-16(10)13(12(3)22-17)8-15(24)23-6-7-25-14(9-23)18(19,20)21/h4-5,14,22H,6-9H2,1-3H3/t14-/m1/s1. The predicted octanol–water partition coefficient (Wildman–Crippen LogP) is 3.43. The number of alkyl halides is 3. The molecule has 2 heterocycles. The van der Waals surface area contributed by atoms with E-state index in [-0.39, 0.29) is 25.5 Å². The molecule has 3 rings (SSSR count). The number of carbonyl (C=O) groups is 1. The number of rotatable bonds is 2. The van der Waals surface area contributed by atoms with Crippen LogP contribution in [0.2, 0.25) is 0 Å². The highest BCUT2D eigenvalue weighted by atomic mass is 19.4. The average molecular weight is 354 g/mol. The zero-order valence-corrected chi connectivity index (χ0v) is 14.5. The number of aromatic nitrogens is 1. The van der Waals surface area contributed by atoms with Gasteiger partial charge in [-0.1, -0.05) is 12.1 Å². The SMILES string of the molecule is Cc1[nH]c2c(C)ccc(C)c2c1CC(=O)N1CCO[C@@H](C(F)(F)F)C1. The zero-order chi connectivity index (χ0) is 18.4. The smallest absolute Gasteiger partial charge is 0.365 e. The molecule has 1 aromatic heterocycles. The number of amides is 1. The number of hydrogen-bond acceptors (Lipinski definition) is 2. The molecule has 25 heavy (non-hydrogen) atoms. The van der Waals surface area contributed by atoms with Gasteiger partial charge in [-0.2, -0.15) is 13.2 Å². The predicted molar refractivity (Wildman–Crippen MR) is 88.6 cm³/mol. The lowest BCUT2D eigenvalue weighted by molar-refractivity contribution is -0.236. The molecule has 1 saturated heterocycles. The maximum atomic E-state index is 12.9. The van der Waals surface area contributed by atoms with E-state index < -0.39 is 18.8 Å². The first-order chi connectivity index (χ1) is 11.7. The molecule has 0 aliphatic carbocycles. The highest BCUT2D eigenvalue weighted by molar-refractivity contribution is 5.93. The summed E-state index contributed by atoms with van der Waals surface area (Å²) in [6.07, 6.45) is -6.28. The second-order valence-corrected chi connectivity index (χ2v) is 6.60. The van der Waals surface area contributed by atoms with Gasteiger partial charge in [0.25, 0.3) is 0 Å². The van der Waals surface area contributed by atoms with Crippen LogP contribution in [0.15, 0.2) is 12.1 Å². The van der Waals surface area contributed by atoms with Crippen LogP contribution >= 0.6 is 0 Å². The molecule has 0 bridgehead atoms. The van der Waals surface area contributed by atoms with Crippen LogP contribution in [0.5, 0.6) is 0 Å². The van der Waals surface area contributed by atoms with Gasteiger partial charge in [-0.05, 0) is 37.5 Å². The molecule has 2 aromatic rings. The third-order valence-corrected chi connectivity index (χ3v) is 4.80. The van der Waals surface area contributed by atoms with Crippen molar-refractivity contribution in [1.29, 1.82) is 0 Å². The first-order valence-corrected chi connectivity index (χ1v) is 8.22. The lowest BCUT2D eigenvalue weighted by Gasteiger charge is -2.34. The van der Waals surface area contributed by atoms with Crippen LogP contribution < -0.4 is 0 Å². The number of nitrogens with one attached hydrogen (secondary N) is 1. The zero-order valence-electron chi connectivity index (χ0n) is 14.5. The lowest BCUT2D eigenvalue weighted by Crippen LogP contribution is -2.51. The van der Waals surface area contributed by atoms with Crippen molar-refractivity contribution in [1.82, 2.24) is 9.88 Å². The minimum Gasteiger partial charge on any atom is -0.365 e. The van der Waals surface area contributed by atoms with Crippen LogP contribution in [0, 0.1) is 20.8 Å². The Labute approximate surface area is 143 Å². The van der Waals surface area contributed by atoms with E-state index in [1.807, 2.05) is 32.9 Å². The Morgan fingerprint density at radius 3 is 2.64 bits per heavy atom. The van der Waals surface area contributed by atoms with Gasteiger partial charge in [-0.15, -0.1) is 0 Å². The van der Waals surface area contributed by atoms with Gasteiger partial charge in [-0.25, -0.2) is 0 Å². The van der Waals surface area contributed by atoms with E-state index in [2.05, 4.69) is 4.98 Å². The molecule has 136 valence electrons. The molecule has 4 nitrogen and oxygen atoms in total. The quantitative estimate of drug-likeness (QED) is 0.898. The molecule has 1 aliphatic rings. The van der Waals surface area contributed by atoms with E-state index in [4.69, 9.17) is 4.74 Å². The number of aryl methyl sites for hydroxylation is 3. The van der Waals surface area contributed by atoms with Gasteiger partial charge in [0, 0.05) is 23.1 Å². The second kappa shape index (κ2) is 6.37. The van der Waals surface area contributed by atoms with E-state index in [1.54, 1.807) is 0 Å². The van der Waals surface area contributed by atoms with Gasteiger partial charge < -0.3 is 14.6 Å². The summed E-state index contributed by atoms with van der Waals surface area (Å²) in [7, 11) is 0. The van der Waals surface area contributed by atoms with Crippen LogP contribution in [-0.4, -0.2) is 47.8 Å².